The summed E-state index contributed by atoms with van der Waals surface area (Å²) in [5.74, 6) is 0. The summed E-state index contributed by atoms with van der Waals surface area (Å²) in [4.78, 5) is 0. The van der Waals surface area contributed by atoms with Crippen molar-refractivity contribution in [2.24, 2.45) is 0 Å². The molecule has 4 heteroatoms. The summed E-state index contributed by atoms with van der Waals surface area (Å²) < 4.78 is 0.962. The average molecular weight is 364 g/mol. The molecule has 0 fully saturated rings. The van der Waals surface area contributed by atoms with Gasteiger partial charge in [-0.15, -0.1) is 11.6 Å². The molecule has 0 bridgehead atoms. The minimum absolute atomic E-state index is 0.328. The van der Waals surface area contributed by atoms with Gasteiger partial charge in [-0.3, -0.25) is 0 Å². The minimum Gasteiger partial charge on any atom is -0.112 e. The number of rotatable bonds is 2. The fourth-order valence-corrected chi connectivity index (χ4v) is 3.17. The predicted octanol–water partition coefficient (Wildman–Crippen LogP) is 6.39. The Bertz CT molecular complexity index is 530. The first-order chi connectivity index (χ1) is 8.49. The van der Waals surface area contributed by atoms with Crippen LogP contribution < -0.4 is 0 Å². The second kappa shape index (κ2) is 5.83. The van der Waals surface area contributed by atoms with E-state index in [0.717, 1.165) is 21.2 Å². The van der Waals surface area contributed by atoms with Crippen LogP contribution in [0.5, 0.6) is 0 Å². The number of alkyl halides is 1. The van der Waals surface area contributed by atoms with E-state index < -0.39 is 0 Å². The Morgan fingerprint density at radius 2 is 1.72 bits per heavy atom. The maximum absolute atomic E-state index is 6.51. The molecule has 1 atom stereocenters. The Balaban J connectivity index is 2.50. The van der Waals surface area contributed by atoms with Gasteiger partial charge in [0.25, 0.3) is 0 Å². The fraction of sp³-hybridized carbons (Fsp3) is 0.143. The van der Waals surface area contributed by atoms with Gasteiger partial charge in [-0.05, 0) is 42.3 Å². The van der Waals surface area contributed by atoms with E-state index in [4.69, 9.17) is 34.8 Å². The molecule has 1 unspecified atom stereocenters. The Hall–Kier alpha value is -0.210. The molecule has 0 aliphatic carbocycles. The smallest absolute Gasteiger partial charge is 0.0861 e. The molecule has 0 spiro atoms. The third-order valence-corrected chi connectivity index (χ3v) is 4.43. The van der Waals surface area contributed by atoms with Crippen LogP contribution in [-0.2, 0) is 0 Å². The minimum atomic E-state index is -0.328. The van der Waals surface area contributed by atoms with Gasteiger partial charge < -0.3 is 0 Å². The lowest BCUT2D eigenvalue weighted by Gasteiger charge is -2.15. The molecule has 0 amide bonds. The van der Waals surface area contributed by atoms with E-state index in [1.54, 1.807) is 18.2 Å². The second-order valence-electron chi connectivity index (χ2n) is 4.05. The van der Waals surface area contributed by atoms with E-state index >= 15 is 0 Å². The van der Waals surface area contributed by atoms with Crippen molar-refractivity contribution in [2.45, 2.75) is 12.3 Å². The molecule has 2 aromatic carbocycles. The molecule has 2 rings (SSSR count). The highest BCUT2D eigenvalue weighted by molar-refractivity contribution is 9.10. The summed E-state index contributed by atoms with van der Waals surface area (Å²) in [7, 11) is 0. The molecular weight excluding hydrogens is 354 g/mol. The van der Waals surface area contributed by atoms with Crippen molar-refractivity contribution < 1.29 is 0 Å². The molecule has 0 N–H and O–H groups in total. The second-order valence-corrected chi connectivity index (χ2v) is 6.19. The highest BCUT2D eigenvalue weighted by Crippen LogP contribution is 2.38. The van der Waals surface area contributed by atoms with Gasteiger partial charge in [0.15, 0.2) is 0 Å². The molecule has 18 heavy (non-hydrogen) atoms. The summed E-state index contributed by atoms with van der Waals surface area (Å²) in [6.45, 7) is 2.03. The Morgan fingerprint density at radius 1 is 1.00 bits per heavy atom. The van der Waals surface area contributed by atoms with Gasteiger partial charge in [-0.25, -0.2) is 0 Å². The van der Waals surface area contributed by atoms with E-state index in [1.807, 2.05) is 25.1 Å². The van der Waals surface area contributed by atoms with Crippen LogP contribution in [0.25, 0.3) is 0 Å². The zero-order chi connectivity index (χ0) is 13.3. The summed E-state index contributed by atoms with van der Waals surface area (Å²) in [5, 5.41) is 0.919. The molecular formula is C14H10BrCl3. The molecule has 0 aromatic heterocycles. The van der Waals surface area contributed by atoms with Crippen LogP contribution in [0.1, 0.15) is 22.1 Å². The van der Waals surface area contributed by atoms with Crippen molar-refractivity contribution in [1.29, 1.82) is 0 Å². The van der Waals surface area contributed by atoms with Crippen molar-refractivity contribution in [1.82, 2.24) is 0 Å². The van der Waals surface area contributed by atoms with Gasteiger partial charge in [-0.1, -0.05) is 56.8 Å². The number of hydrogen-bond donors (Lipinski definition) is 0. The molecule has 0 saturated carbocycles. The van der Waals surface area contributed by atoms with E-state index in [1.165, 1.54) is 0 Å². The lowest BCUT2D eigenvalue weighted by Crippen LogP contribution is -1.96. The van der Waals surface area contributed by atoms with Crippen molar-refractivity contribution >= 4 is 50.7 Å². The maximum Gasteiger partial charge on any atom is 0.0861 e. The van der Waals surface area contributed by atoms with Crippen molar-refractivity contribution in [2.75, 3.05) is 0 Å². The van der Waals surface area contributed by atoms with Crippen LogP contribution >= 0.6 is 50.7 Å². The van der Waals surface area contributed by atoms with Gasteiger partial charge in [0.2, 0.25) is 0 Å². The Labute approximate surface area is 130 Å². The number of halogens is 4. The topological polar surface area (TPSA) is 0 Å². The highest BCUT2D eigenvalue weighted by atomic mass is 79.9. The third-order valence-electron chi connectivity index (χ3n) is 2.66. The monoisotopic (exact) mass is 362 g/mol. The fourth-order valence-electron chi connectivity index (χ4n) is 1.73. The quantitative estimate of drug-likeness (QED) is 0.541. The highest BCUT2D eigenvalue weighted by Gasteiger charge is 2.17. The summed E-state index contributed by atoms with van der Waals surface area (Å²) in [6.07, 6.45) is 0. The zero-order valence-corrected chi connectivity index (χ0v) is 13.4. The molecule has 0 radical (unpaired) electrons. The first kappa shape index (κ1) is 14.2. The van der Waals surface area contributed by atoms with Crippen LogP contribution in [0, 0.1) is 6.92 Å². The van der Waals surface area contributed by atoms with Gasteiger partial charge in [0.1, 0.15) is 0 Å². The molecule has 0 aliphatic heterocycles. The molecule has 2 aromatic rings. The molecule has 0 nitrogen and oxygen atoms in total. The standard InChI is InChI=1S/C14H10BrCl3/c1-8-2-4-12(15)10(6-8)14(18)11-7-9(16)3-5-13(11)17/h2-7,14H,1H3. The number of aryl methyl sites for hydroxylation is 1. The van der Waals surface area contributed by atoms with Crippen LogP contribution in [0.3, 0.4) is 0 Å². The Kier molecular flexibility index (Phi) is 4.60. The van der Waals surface area contributed by atoms with E-state index in [2.05, 4.69) is 15.9 Å². The van der Waals surface area contributed by atoms with E-state index in [0.29, 0.717) is 10.0 Å². The van der Waals surface area contributed by atoms with E-state index in [9.17, 15) is 0 Å². The van der Waals surface area contributed by atoms with Crippen molar-refractivity contribution in [3.8, 4) is 0 Å². The van der Waals surface area contributed by atoms with Crippen LogP contribution in [-0.4, -0.2) is 0 Å². The van der Waals surface area contributed by atoms with Crippen molar-refractivity contribution in [3.05, 3.63) is 67.6 Å². The molecule has 0 saturated heterocycles. The van der Waals surface area contributed by atoms with Crippen LogP contribution in [0.4, 0.5) is 0 Å². The normalized spacial score (nSPS) is 12.5. The summed E-state index contributed by atoms with van der Waals surface area (Å²) in [6, 6.07) is 11.4. The van der Waals surface area contributed by atoms with Crippen LogP contribution in [0.15, 0.2) is 40.9 Å². The average Bonchev–Trinajstić information content (AvgIpc) is 2.34. The van der Waals surface area contributed by atoms with Crippen molar-refractivity contribution in [3.63, 3.8) is 0 Å². The Morgan fingerprint density at radius 3 is 2.44 bits per heavy atom. The number of benzene rings is 2. The zero-order valence-electron chi connectivity index (χ0n) is 9.55. The first-order valence-electron chi connectivity index (χ1n) is 5.34. The number of hydrogen-bond acceptors (Lipinski definition) is 0. The summed E-state index contributed by atoms with van der Waals surface area (Å²) in [5.41, 5.74) is 2.95. The molecule has 0 heterocycles. The summed E-state index contributed by atoms with van der Waals surface area (Å²) >= 11 is 22.2. The van der Waals surface area contributed by atoms with Gasteiger partial charge >= 0.3 is 0 Å². The largest absolute Gasteiger partial charge is 0.112 e. The van der Waals surface area contributed by atoms with Gasteiger partial charge in [0, 0.05) is 14.5 Å². The first-order valence-corrected chi connectivity index (χ1v) is 7.32. The predicted molar refractivity (Wildman–Crippen MR) is 83.0 cm³/mol. The SMILES string of the molecule is Cc1ccc(Br)c(C(Cl)c2cc(Cl)ccc2Cl)c1. The lowest BCUT2D eigenvalue weighted by molar-refractivity contribution is 1.12. The van der Waals surface area contributed by atoms with Gasteiger partial charge in [-0.2, -0.15) is 0 Å². The molecule has 0 aliphatic rings. The molecule has 94 valence electrons. The van der Waals surface area contributed by atoms with Crippen LogP contribution in [0.2, 0.25) is 10.0 Å². The maximum atomic E-state index is 6.51. The van der Waals surface area contributed by atoms with Gasteiger partial charge in [0.05, 0.1) is 5.38 Å². The van der Waals surface area contributed by atoms with E-state index in [-0.39, 0.29) is 5.38 Å². The lowest BCUT2D eigenvalue weighted by atomic mass is 10.0. The third kappa shape index (κ3) is 3.03.